The number of aryl methyl sites for hydroxylation is 1. The number of hydrogen-bond acceptors (Lipinski definition) is 3. The van der Waals surface area contributed by atoms with Gasteiger partial charge in [0.2, 0.25) is 5.58 Å². The van der Waals surface area contributed by atoms with Gasteiger partial charge in [0, 0.05) is 10.5 Å². The molecular weight excluding hydrogens is 312 g/mol. The molecule has 0 fully saturated rings. The van der Waals surface area contributed by atoms with Crippen LogP contribution in [0.1, 0.15) is 5.56 Å². The van der Waals surface area contributed by atoms with Crippen molar-refractivity contribution in [1.29, 1.82) is 0 Å². The van der Waals surface area contributed by atoms with Crippen LogP contribution in [0.2, 0.25) is 0 Å². The van der Waals surface area contributed by atoms with Crippen molar-refractivity contribution in [2.24, 2.45) is 0 Å². The first-order valence-electron chi connectivity index (χ1n) is 5.58. The van der Waals surface area contributed by atoms with E-state index in [4.69, 9.17) is 4.42 Å². The van der Waals surface area contributed by atoms with E-state index < -0.39 is 5.63 Å². The SMILES string of the molecule is Cc1cc(=O)oc2c(=O)n(-c3ccc(Br)cc3)[nH]c12. The van der Waals surface area contributed by atoms with E-state index in [9.17, 15) is 9.59 Å². The second-order valence-corrected chi connectivity index (χ2v) is 5.10. The Morgan fingerprint density at radius 1 is 1.21 bits per heavy atom. The molecule has 0 saturated carbocycles. The number of H-pyrrole nitrogens is 1. The molecule has 0 aliphatic rings. The fraction of sp³-hybridized carbons (Fsp3) is 0.0769. The van der Waals surface area contributed by atoms with Crippen molar-refractivity contribution in [2.45, 2.75) is 6.92 Å². The highest BCUT2D eigenvalue weighted by Gasteiger charge is 2.13. The molecule has 19 heavy (non-hydrogen) atoms. The first-order chi connectivity index (χ1) is 9.06. The topological polar surface area (TPSA) is 68.0 Å². The van der Waals surface area contributed by atoms with Crippen LogP contribution in [0.5, 0.6) is 0 Å². The normalized spacial score (nSPS) is 11.1. The van der Waals surface area contributed by atoms with Crippen LogP contribution in [-0.2, 0) is 0 Å². The number of rotatable bonds is 1. The van der Waals surface area contributed by atoms with Crippen LogP contribution in [0, 0.1) is 6.92 Å². The van der Waals surface area contributed by atoms with Crippen LogP contribution < -0.4 is 11.2 Å². The molecule has 1 aromatic carbocycles. The number of nitrogens with one attached hydrogen (secondary N) is 1. The van der Waals surface area contributed by atoms with Gasteiger partial charge < -0.3 is 4.42 Å². The summed E-state index contributed by atoms with van der Waals surface area (Å²) in [5, 5.41) is 2.95. The number of nitrogens with zero attached hydrogens (tertiary/aromatic N) is 1. The van der Waals surface area contributed by atoms with Gasteiger partial charge in [-0.15, -0.1) is 0 Å². The predicted octanol–water partition coefficient (Wildman–Crippen LogP) is 2.34. The summed E-state index contributed by atoms with van der Waals surface area (Å²) in [6.07, 6.45) is 0. The Morgan fingerprint density at radius 2 is 1.89 bits per heavy atom. The number of aromatic nitrogens is 2. The molecule has 0 spiro atoms. The molecule has 96 valence electrons. The third-order valence-corrected chi connectivity index (χ3v) is 3.39. The lowest BCUT2D eigenvalue weighted by Gasteiger charge is -2.00. The van der Waals surface area contributed by atoms with Crippen LogP contribution in [0.3, 0.4) is 0 Å². The largest absolute Gasteiger partial charge is 0.415 e. The first-order valence-corrected chi connectivity index (χ1v) is 6.37. The molecule has 0 aliphatic carbocycles. The van der Waals surface area contributed by atoms with Crippen molar-refractivity contribution in [3.63, 3.8) is 0 Å². The van der Waals surface area contributed by atoms with Crippen molar-refractivity contribution in [1.82, 2.24) is 9.78 Å². The van der Waals surface area contributed by atoms with Gasteiger partial charge in [0.15, 0.2) is 0 Å². The fourth-order valence-corrected chi connectivity index (χ4v) is 2.20. The maximum atomic E-state index is 12.2. The van der Waals surface area contributed by atoms with Crippen LogP contribution >= 0.6 is 15.9 Å². The molecule has 6 heteroatoms. The van der Waals surface area contributed by atoms with E-state index in [1.54, 1.807) is 19.1 Å². The molecule has 0 atom stereocenters. The molecule has 0 bridgehead atoms. The number of halogens is 1. The van der Waals surface area contributed by atoms with E-state index in [2.05, 4.69) is 21.0 Å². The van der Waals surface area contributed by atoms with Crippen LogP contribution in [-0.4, -0.2) is 9.78 Å². The maximum absolute atomic E-state index is 12.2. The van der Waals surface area contributed by atoms with Crippen LogP contribution in [0.25, 0.3) is 16.8 Å². The lowest BCUT2D eigenvalue weighted by atomic mass is 10.3. The smallest absolute Gasteiger partial charge is 0.336 e. The van der Waals surface area contributed by atoms with Crippen molar-refractivity contribution >= 4 is 27.0 Å². The Bertz CT molecular complexity index is 872. The van der Waals surface area contributed by atoms with E-state index in [-0.39, 0.29) is 11.1 Å². The lowest BCUT2D eigenvalue weighted by molar-refractivity contribution is 0.556. The molecule has 0 saturated heterocycles. The van der Waals surface area contributed by atoms with E-state index in [0.717, 1.165) is 4.47 Å². The Balaban J connectivity index is 2.34. The minimum absolute atomic E-state index is 0.0490. The van der Waals surface area contributed by atoms with E-state index in [1.807, 2.05) is 12.1 Å². The first kappa shape index (κ1) is 12.0. The molecule has 0 amide bonds. The van der Waals surface area contributed by atoms with E-state index >= 15 is 0 Å². The Hall–Kier alpha value is -2.08. The highest BCUT2D eigenvalue weighted by Crippen LogP contribution is 2.15. The zero-order chi connectivity index (χ0) is 13.6. The quantitative estimate of drug-likeness (QED) is 0.748. The summed E-state index contributed by atoms with van der Waals surface area (Å²) < 4.78 is 7.24. The van der Waals surface area contributed by atoms with E-state index in [0.29, 0.717) is 16.8 Å². The van der Waals surface area contributed by atoms with Crippen LogP contribution in [0.4, 0.5) is 0 Å². The number of hydrogen-bond donors (Lipinski definition) is 1. The zero-order valence-electron chi connectivity index (χ0n) is 9.94. The summed E-state index contributed by atoms with van der Waals surface area (Å²) >= 11 is 3.33. The standard InChI is InChI=1S/C13H9BrN2O3/c1-7-6-10(17)19-12-11(7)15-16(13(12)18)9-4-2-8(14)3-5-9/h2-6,15H,1H3. The van der Waals surface area contributed by atoms with Crippen molar-refractivity contribution in [2.75, 3.05) is 0 Å². The average molecular weight is 321 g/mol. The molecule has 2 heterocycles. The monoisotopic (exact) mass is 320 g/mol. The molecule has 3 rings (SSSR count). The van der Waals surface area contributed by atoms with Gasteiger partial charge in [-0.1, -0.05) is 15.9 Å². The summed E-state index contributed by atoms with van der Waals surface area (Å²) in [5.74, 6) is 0. The summed E-state index contributed by atoms with van der Waals surface area (Å²) in [5.41, 5.74) is 1.04. The van der Waals surface area contributed by atoms with Gasteiger partial charge in [-0.3, -0.25) is 9.89 Å². The Labute approximate surface area is 115 Å². The van der Waals surface area contributed by atoms with Gasteiger partial charge in [-0.25, -0.2) is 9.48 Å². The molecule has 0 unspecified atom stereocenters. The summed E-state index contributed by atoms with van der Waals surface area (Å²) in [6, 6.07) is 8.58. The van der Waals surface area contributed by atoms with Gasteiger partial charge in [0.25, 0.3) is 0 Å². The second-order valence-electron chi connectivity index (χ2n) is 4.18. The third kappa shape index (κ3) is 1.94. The van der Waals surface area contributed by atoms with Gasteiger partial charge in [-0.05, 0) is 36.8 Å². The van der Waals surface area contributed by atoms with Crippen LogP contribution in [0.15, 0.2) is 48.8 Å². The van der Waals surface area contributed by atoms with Gasteiger partial charge >= 0.3 is 11.2 Å². The number of aromatic amines is 1. The molecule has 0 radical (unpaired) electrons. The molecule has 0 aliphatic heterocycles. The Kier molecular flexibility index (Phi) is 2.67. The number of fused-ring (bicyclic) bond motifs is 1. The van der Waals surface area contributed by atoms with Gasteiger partial charge in [-0.2, -0.15) is 0 Å². The minimum Gasteiger partial charge on any atom is -0.415 e. The molecule has 5 nitrogen and oxygen atoms in total. The molecule has 1 N–H and O–H groups in total. The van der Waals surface area contributed by atoms with Crippen molar-refractivity contribution < 1.29 is 4.42 Å². The van der Waals surface area contributed by atoms with Crippen molar-refractivity contribution in [3.8, 4) is 5.69 Å². The summed E-state index contributed by atoms with van der Waals surface area (Å²) in [4.78, 5) is 23.5. The average Bonchev–Trinajstić information content (AvgIpc) is 2.69. The van der Waals surface area contributed by atoms with Gasteiger partial charge in [0.05, 0.1) is 5.69 Å². The molecular formula is C13H9BrN2O3. The molecule has 2 aromatic heterocycles. The molecule has 3 aromatic rings. The lowest BCUT2D eigenvalue weighted by Crippen LogP contribution is -2.14. The zero-order valence-corrected chi connectivity index (χ0v) is 11.5. The summed E-state index contributed by atoms with van der Waals surface area (Å²) in [6.45, 7) is 1.75. The Morgan fingerprint density at radius 3 is 2.58 bits per heavy atom. The number of benzene rings is 1. The fourth-order valence-electron chi connectivity index (χ4n) is 1.93. The van der Waals surface area contributed by atoms with E-state index in [1.165, 1.54) is 10.7 Å². The highest BCUT2D eigenvalue weighted by atomic mass is 79.9. The second kappa shape index (κ2) is 4.24. The highest BCUT2D eigenvalue weighted by molar-refractivity contribution is 9.10. The van der Waals surface area contributed by atoms with Crippen molar-refractivity contribution in [3.05, 3.63) is 61.1 Å². The summed E-state index contributed by atoms with van der Waals surface area (Å²) in [7, 11) is 0. The predicted molar refractivity (Wildman–Crippen MR) is 74.9 cm³/mol. The van der Waals surface area contributed by atoms with Gasteiger partial charge in [0.1, 0.15) is 5.52 Å². The third-order valence-electron chi connectivity index (χ3n) is 2.86. The minimum atomic E-state index is -0.524. The maximum Gasteiger partial charge on any atom is 0.336 e.